The average molecular weight is 215 g/mol. The third-order valence-corrected chi connectivity index (χ3v) is 2.05. The first-order valence-electron chi connectivity index (χ1n) is 4.58. The van der Waals surface area contributed by atoms with Crippen LogP contribution in [0, 0.1) is 11.3 Å². The van der Waals surface area contributed by atoms with E-state index in [2.05, 4.69) is 0 Å². The molecule has 1 aliphatic carbocycles. The van der Waals surface area contributed by atoms with Gasteiger partial charge in [-0.1, -0.05) is 24.3 Å². The van der Waals surface area contributed by atoms with E-state index in [4.69, 9.17) is 5.41 Å². The van der Waals surface area contributed by atoms with Gasteiger partial charge in [0.05, 0.1) is 5.57 Å². The van der Waals surface area contributed by atoms with Crippen LogP contribution in [0.1, 0.15) is 13.3 Å². The molecule has 0 aromatic carbocycles. The molecule has 1 aliphatic rings. The lowest BCUT2D eigenvalue weighted by Gasteiger charge is -2.14. The fourth-order valence-corrected chi connectivity index (χ4v) is 1.26. The highest BCUT2D eigenvalue weighted by Gasteiger charge is 2.32. The molecular formula is C11H12F3N. The molecule has 1 N–H and O–H groups in total. The van der Waals surface area contributed by atoms with Crippen LogP contribution in [-0.2, 0) is 0 Å². The fraction of sp³-hybridized carbons (Fsp3) is 0.364. The summed E-state index contributed by atoms with van der Waals surface area (Å²) in [5.74, 6) is -0.0311. The SMILES string of the molecule is CC(=N)/C=C/C1C=CC(C(F)(F)F)=CC1. The Hall–Kier alpha value is -1.32. The highest BCUT2D eigenvalue weighted by Crippen LogP contribution is 2.30. The summed E-state index contributed by atoms with van der Waals surface area (Å²) in [7, 11) is 0. The van der Waals surface area contributed by atoms with E-state index in [-0.39, 0.29) is 5.92 Å². The van der Waals surface area contributed by atoms with Crippen LogP contribution in [0.4, 0.5) is 13.2 Å². The number of nitrogens with one attached hydrogen (secondary N) is 1. The Balaban J connectivity index is 2.61. The summed E-state index contributed by atoms with van der Waals surface area (Å²) >= 11 is 0. The second-order valence-corrected chi connectivity index (χ2v) is 3.46. The van der Waals surface area contributed by atoms with Gasteiger partial charge in [0.2, 0.25) is 0 Å². The van der Waals surface area contributed by atoms with Gasteiger partial charge < -0.3 is 5.41 Å². The fourth-order valence-electron chi connectivity index (χ4n) is 1.26. The number of alkyl halides is 3. The Labute approximate surface area is 86.5 Å². The Morgan fingerprint density at radius 1 is 1.53 bits per heavy atom. The zero-order valence-corrected chi connectivity index (χ0v) is 8.31. The van der Waals surface area contributed by atoms with Crippen LogP contribution < -0.4 is 0 Å². The molecule has 0 amide bonds. The van der Waals surface area contributed by atoms with Gasteiger partial charge in [0, 0.05) is 5.71 Å². The molecule has 0 radical (unpaired) electrons. The summed E-state index contributed by atoms with van der Waals surface area (Å²) in [6.07, 6.45) is 3.23. The van der Waals surface area contributed by atoms with Crippen LogP contribution in [0.15, 0.2) is 36.0 Å². The molecule has 1 nitrogen and oxygen atoms in total. The molecule has 1 rings (SSSR count). The lowest BCUT2D eigenvalue weighted by Crippen LogP contribution is -2.12. The van der Waals surface area contributed by atoms with Gasteiger partial charge in [0.15, 0.2) is 0 Å². The Morgan fingerprint density at radius 3 is 2.60 bits per heavy atom. The topological polar surface area (TPSA) is 23.9 Å². The van der Waals surface area contributed by atoms with Crippen LogP contribution >= 0.6 is 0 Å². The molecule has 1 atom stereocenters. The number of hydrogen-bond acceptors (Lipinski definition) is 1. The van der Waals surface area contributed by atoms with Crippen molar-refractivity contribution in [1.82, 2.24) is 0 Å². The van der Waals surface area contributed by atoms with Crippen molar-refractivity contribution in [3.8, 4) is 0 Å². The number of allylic oxidation sites excluding steroid dienone is 6. The first-order chi connectivity index (χ1) is 6.89. The maximum atomic E-state index is 12.2. The molecule has 0 aliphatic heterocycles. The molecule has 0 fully saturated rings. The first kappa shape index (κ1) is 11.8. The molecule has 82 valence electrons. The molecule has 0 spiro atoms. The van der Waals surface area contributed by atoms with Gasteiger partial charge >= 0.3 is 6.18 Å². The summed E-state index contributed by atoms with van der Waals surface area (Å²) < 4.78 is 36.6. The van der Waals surface area contributed by atoms with Gasteiger partial charge in [-0.15, -0.1) is 0 Å². The summed E-state index contributed by atoms with van der Waals surface area (Å²) in [6.45, 7) is 1.63. The summed E-state index contributed by atoms with van der Waals surface area (Å²) in [6, 6.07) is 0. The molecule has 0 aromatic heterocycles. The maximum Gasteiger partial charge on any atom is 0.416 e. The minimum Gasteiger partial charge on any atom is -0.306 e. The molecule has 0 saturated carbocycles. The zero-order chi connectivity index (χ0) is 11.5. The average Bonchev–Trinajstić information content (AvgIpc) is 2.14. The summed E-state index contributed by atoms with van der Waals surface area (Å²) in [4.78, 5) is 0. The predicted octanol–water partition coefficient (Wildman–Crippen LogP) is 3.65. The highest BCUT2D eigenvalue weighted by atomic mass is 19.4. The lowest BCUT2D eigenvalue weighted by molar-refractivity contribution is -0.0886. The van der Waals surface area contributed by atoms with Gasteiger partial charge in [-0.2, -0.15) is 13.2 Å². The molecule has 0 heterocycles. The molecule has 1 unspecified atom stereocenters. The van der Waals surface area contributed by atoms with Crippen LogP contribution in [-0.4, -0.2) is 11.9 Å². The summed E-state index contributed by atoms with van der Waals surface area (Å²) in [5, 5.41) is 7.15. The van der Waals surface area contributed by atoms with Crippen molar-refractivity contribution in [3.63, 3.8) is 0 Å². The van der Waals surface area contributed by atoms with E-state index >= 15 is 0 Å². The Bertz CT molecular complexity index is 334. The normalized spacial score (nSPS) is 21.9. The van der Waals surface area contributed by atoms with E-state index in [1.54, 1.807) is 19.1 Å². The smallest absolute Gasteiger partial charge is 0.306 e. The molecule has 4 heteroatoms. The molecule has 0 bridgehead atoms. The maximum absolute atomic E-state index is 12.2. The lowest BCUT2D eigenvalue weighted by atomic mass is 9.96. The van der Waals surface area contributed by atoms with E-state index in [0.717, 1.165) is 6.08 Å². The summed E-state index contributed by atoms with van der Waals surface area (Å²) in [5.41, 5.74) is -0.187. The van der Waals surface area contributed by atoms with E-state index in [1.807, 2.05) is 0 Å². The molecule has 0 aromatic rings. The van der Waals surface area contributed by atoms with Crippen molar-refractivity contribution in [2.45, 2.75) is 19.5 Å². The van der Waals surface area contributed by atoms with Crippen molar-refractivity contribution in [1.29, 1.82) is 5.41 Å². The molecule has 15 heavy (non-hydrogen) atoms. The van der Waals surface area contributed by atoms with Gasteiger partial charge in [-0.05, 0) is 25.3 Å². The van der Waals surface area contributed by atoms with Gasteiger partial charge in [-0.25, -0.2) is 0 Å². The van der Waals surface area contributed by atoms with E-state index in [1.165, 1.54) is 12.2 Å². The minimum atomic E-state index is -4.25. The van der Waals surface area contributed by atoms with Crippen molar-refractivity contribution in [3.05, 3.63) is 36.0 Å². The van der Waals surface area contributed by atoms with Crippen molar-refractivity contribution >= 4 is 5.71 Å². The van der Waals surface area contributed by atoms with Crippen LogP contribution in [0.3, 0.4) is 0 Å². The van der Waals surface area contributed by atoms with E-state index < -0.39 is 11.7 Å². The second-order valence-electron chi connectivity index (χ2n) is 3.46. The predicted molar refractivity (Wildman–Crippen MR) is 53.9 cm³/mol. The van der Waals surface area contributed by atoms with E-state index in [0.29, 0.717) is 12.1 Å². The van der Waals surface area contributed by atoms with Crippen LogP contribution in [0.2, 0.25) is 0 Å². The Morgan fingerprint density at radius 2 is 2.20 bits per heavy atom. The highest BCUT2D eigenvalue weighted by molar-refractivity contribution is 5.89. The van der Waals surface area contributed by atoms with Gasteiger partial charge in [0.1, 0.15) is 0 Å². The number of rotatable bonds is 2. The monoisotopic (exact) mass is 215 g/mol. The third-order valence-electron chi connectivity index (χ3n) is 2.05. The van der Waals surface area contributed by atoms with Crippen molar-refractivity contribution < 1.29 is 13.2 Å². The standard InChI is InChI=1S/C11H12F3N/c1-8(15)2-3-9-4-6-10(7-5-9)11(12,13)14/h2-4,6-7,9,15H,5H2,1H3/b3-2+,15-8?. The van der Waals surface area contributed by atoms with Crippen LogP contribution in [0.5, 0.6) is 0 Å². The quantitative estimate of drug-likeness (QED) is 0.680. The first-order valence-corrected chi connectivity index (χ1v) is 4.58. The van der Waals surface area contributed by atoms with Crippen molar-refractivity contribution in [2.75, 3.05) is 0 Å². The largest absolute Gasteiger partial charge is 0.416 e. The molecule has 0 saturated heterocycles. The zero-order valence-electron chi connectivity index (χ0n) is 8.31. The second kappa shape index (κ2) is 4.47. The Kier molecular flexibility index (Phi) is 3.50. The minimum absolute atomic E-state index is 0.0311. The number of hydrogen-bond donors (Lipinski definition) is 1. The van der Waals surface area contributed by atoms with Crippen molar-refractivity contribution in [2.24, 2.45) is 5.92 Å². The number of halogens is 3. The van der Waals surface area contributed by atoms with E-state index in [9.17, 15) is 13.2 Å². The van der Waals surface area contributed by atoms with Crippen LogP contribution in [0.25, 0.3) is 0 Å². The van der Waals surface area contributed by atoms with Gasteiger partial charge in [0.25, 0.3) is 0 Å². The third kappa shape index (κ3) is 3.73. The molecular weight excluding hydrogens is 203 g/mol. The van der Waals surface area contributed by atoms with Gasteiger partial charge in [-0.3, -0.25) is 0 Å².